The summed E-state index contributed by atoms with van der Waals surface area (Å²) in [6.45, 7) is -0.260. The number of nitrogens with zero attached hydrogens (tertiary/aromatic N) is 1. The van der Waals surface area contributed by atoms with Crippen LogP contribution in [0.4, 0.5) is 5.69 Å². The number of carbonyl (C=O) groups excluding carboxylic acids is 1. The van der Waals surface area contributed by atoms with Crippen molar-refractivity contribution in [2.75, 3.05) is 6.61 Å². The maximum absolute atomic E-state index is 11.8. The molecule has 0 unspecified atom stereocenters. The van der Waals surface area contributed by atoms with Crippen LogP contribution < -0.4 is 10.1 Å². The normalized spacial score (nSPS) is 21.6. The first-order valence-electron chi connectivity index (χ1n) is 6.90. The van der Waals surface area contributed by atoms with E-state index in [2.05, 4.69) is 5.32 Å². The maximum atomic E-state index is 11.8. The Hall–Kier alpha value is -2.15. The number of nitrogens with one attached hydrogen (secondary N) is 1. The zero-order valence-electron chi connectivity index (χ0n) is 11.5. The van der Waals surface area contributed by atoms with E-state index in [0.717, 1.165) is 12.8 Å². The Morgan fingerprint density at radius 3 is 2.67 bits per heavy atom. The Balaban J connectivity index is 1.83. The Morgan fingerprint density at radius 1 is 1.33 bits per heavy atom. The second-order valence-electron chi connectivity index (χ2n) is 5.09. The van der Waals surface area contributed by atoms with Gasteiger partial charge in [-0.25, -0.2) is 0 Å². The van der Waals surface area contributed by atoms with Crippen molar-refractivity contribution >= 4 is 11.6 Å². The number of hydrogen-bond donors (Lipinski definition) is 2. The maximum Gasteiger partial charge on any atom is 0.310 e. The lowest BCUT2D eigenvalue weighted by atomic mass is 9.93. The molecule has 1 aliphatic carbocycles. The molecule has 1 aromatic rings. The SMILES string of the molecule is O=C(COc1ccccc1[N+](=O)[O-])NC1CCC(O)CC1. The molecule has 0 aromatic heterocycles. The summed E-state index contributed by atoms with van der Waals surface area (Å²) in [5.41, 5.74) is -0.161. The van der Waals surface area contributed by atoms with Crippen LogP contribution in [-0.4, -0.2) is 34.7 Å². The van der Waals surface area contributed by atoms with Crippen molar-refractivity contribution in [3.05, 3.63) is 34.4 Å². The van der Waals surface area contributed by atoms with E-state index < -0.39 is 4.92 Å². The van der Waals surface area contributed by atoms with Gasteiger partial charge in [-0.1, -0.05) is 12.1 Å². The van der Waals surface area contributed by atoms with Crippen LogP contribution in [0.3, 0.4) is 0 Å². The molecule has 0 bridgehead atoms. The number of para-hydroxylation sites is 2. The lowest BCUT2D eigenvalue weighted by Gasteiger charge is -2.26. The third kappa shape index (κ3) is 4.42. The van der Waals surface area contributed by atoms with Crippen LogP contribution in [0.1, 0.15) is 25.7 Å². The first-order valence-corrected chi connectivity index (χ1v) is 6.90. The summed E-state index contributed by atoms with van der Waals surface area (Å²) >= 11 is 0. The van der Waals surface area contributed by atoms with Crippen LogP contribution >= 0.6 is 0 Å². The molecule has 0 spiro atoms. The number of benzene rings is 1. The molecule has 21 heavy (non-hydrogen) atoms. The number of aliphatic hydroxyl groups is 1. The van der Waals surface area contributed by atoms with E-state index in [9.17, 15) is 20.0 Å². The fourth-order valence-corrected chi connectivity index (χ4v) is 2.36. The topological polar surface area (TPSA) is 102 Å². The standard InChI is InChI=1S/C14H18N2O5/c17-11-7-5-10(6-8-11)15-14(18)9-21-13-4-2-1-3-12(13)16(19)20/h1-4,10-11,17H,5-9H2,(H,15,18). The molecular formula is C14H18N2O5. The van der Waals surface area contributed by atoms with E-state index >= 15 is 0 Å². The molecular weight excluding hydrogens is 276 g/mol. The Morgan fingerprint density at radius 2 is 2.00 bits per heavy atom. The summed E-state index contributed by atoms with van der Waals surface area (Å²) in [6.07, 6.45) is 2.55. The molecule has 2 rings (SSSR count). The summed E-state index contributed by atoms with van der Waals surface area (Å²) in [5, 5.41) is 23.0. The molecule has 1 saturated carbocycles. The van der Waals surface area contributed by atoms with Crippen LogP contribution in [-0.2, 0) is 4.79 Å². The lowest BCUT2D eigenvalue weighted by Crippen LogP contribution is -2.40. The van der Waals surface area contributed by atoms with Crippen LogP contribution in [0.5, 0.6) is 5.75 Å². The number of nitro groups is 1. The number of carbonyl (C=O) groups is 1. The van der Waals surface area contributed by atoms with Crippen molar-refractivity contribution in [3.63, 3.8) is 0 Å². The smallest absolute Gasteiger partial charge is 0.310 e. The molecule has 1 amide bonds. The molecule has 0 aliphatic heterocycles. The van der Waals surface area contributed by atoms with Crippen LogP contribution in [0.2, 0.25) is 0 Å². The number of rotatable bonds is 5. The van der Waals surface area contributed by atoms with E-state index in [0.29, 0.717) is 12.8 Å². The summed E-state index contributed by atoms with van der Waals surface area (Å²) < 4.78 is 5.22. The average Bonchev–Trinajstić information content (AvgIpc) is 2.48. The Labute approximate surface area is 122 Å². The minimum Gasteiger partial charge on any atom is -0.477 e. The highest BCUT2D eigenvalue weighted by Gasteiger charge is 2.21. The van der Waals surface area contributed by atoms with E-state index in [1.807, 2.05) is 0 Å². The van der Waals surface area contributed by atoms with Gasteiger partial charge in [-0.05, 0) is 31.7 Å². The van der Waals surface area contributed by atoms with Crippen molar-refractivity contribution in [1.29, 1.82) is 0 Å². The molecule has 1 fully saturated rings. The van der Waals surface area contributed by atoms with E-state index in [1.165, 1.54) is 12.1 Å². The van der Waals surface area contributed by atoms with Gasteiger partial charge in [-0.2, -0.15) is 0 Å². The molecule has 0 heterocycles. The third-order valence-electron chi connectivity index (χ3n) is 3.48. The van der Waals surface area contributed by atoms with Crippen LogP contribution in [0.15, 0.2) is 24.3 Å². The van der Waals surface area contributed by atoms with Gasteiger partial charge in [0.1, 0.15) is 0 Å². The number of ether oxygens (including phenoxy) is 1. The van der Waals surface area contributed by atoms with E-state index in [4.69, 9.17) is 4.74 Å². The van der Waals surface area contributed by atoms with Gasteiger partial charge in [-0.3, -0.25) is 14.9 Å². The molecule has 0 saturated heterocycles. The summed E-state index contributed by atoms with van der Waals surface area (Å²) in [4.78, 5) is 22.0. The highest BCUT2D eigenvalue weighted by molar-refractivity contribution is 5.78. The minimum absolute atomic E-state index is 0.0373. The van der Waals surface area contributed by atoms with Crippen molar-refractivity contribution in [1.82, 2.24) is 5.32 Å². The second-order valence-corrected chi connectivity index (χ2v) is 5.09. The summed E-state index contributed by atoms with van der Waals surface area (Å²) in [6, 6.07) is 5.98. The van der Waals surface area contributed by atoms with Gasteiger partial charge in [-0.15, -0.1) is 0 Å². The quantitative estimate of drug-likeness (QED) is 0.631. The van der Waals surface area contributed by atoms with E-state index in [1.54, 1.807) is 12.1 Å². The van der Waals surface area contributed by atoms with Gasteiger partial charge in [0.25, 0.3) is 5.91 Å². The first kappa shape index (κ1) is 15.2. The Bertz CT molecular complexity index is 512. The molecule has 7 heteroatoms. The van der Waals surface area contributed by atoms with Gasteiger partial charge in [0.2, 0.25) is 0 Å². The van der Waals surface area contributed by atoms with Crippen LogP contribution in [0, 0.1) is 10.1 Å². The monoisotopic (exact) mass is 294 g/mol. The van der Waals surface area contributed by atoms with Crippen molar-refractivity contribution in [2.24, 2.45) is 0 Å². The predicted molar refractivity (Wildman–Crippen MR) is 75.0 cm³/mol. The number of amides is 1. The van der Waals surface area contributed by atoms with Gasteiger partial charge < -0.3 is 15.2 Å². The number of nitro benzene ring substituents is 1. The van der Waals surface area contributed by atoms with Gasteiger partial charge >= 0.3 is 5.69 Å². The molecule has 7 nitrogen and oxygen atoms in total. The second kappa shape index (κ2) is 7.03. The molecule has 114 valence electrons. The van der Waals surface area contributed by atoms with Crippen molar-refractivity contribution < 1.29 is 19.6 Å². The molecule has 1 aromatic carbocycles. The molecule has 0 radical (unpaired) electrons. The zero-order valence-corrected chi connectivity index (χ0v) is 11.5. The average molecular weight is 294 g/mol. The molecule has 1 aliphatic rings. The van der Waals surface area contributed by atoms with Crippen molar-refractivity contribution in [3.8, 4) is 5.75 Å². The largest absolute Gasteiger partial charge is 0.477 e. The van der Waals surface area contributed by atoms with Crippen LogP contribution in [0.25, 0.3) is 0 Å². The minimum atomic E-state index is -0.546. The third-order valence-corrected chi connectivity index (χ3v) is 3.48. The Kier molecular flexibility index (Phi) is 5.10. The highest BCUT2D eigenvalue weighted by atomic mass is 16.6. The van der Waals surface area contributed by atoms with Gasteiger partial charge in [0.15, 0.2) is 12.4 Å². The number of hydrogen-bond acceptors (Lipinski definition) is 5. The predicted octanol–water partition coefficient (Wildman–Crippen LogP) is 1.39. The molecule has 2 N–H and O–H groups in total. The zero-order chi connectivity index (χ0) is 15.2. The number of aliphatic hydroxyl groups excluding tert-OH is 1. The fourth-order valence-electron chi connectivity index (χ4n) is 2.36. The van der Waals surface area contributed by atoms with Gasteiger partial charge in [0, 0.05) is 12.1 Å². The van der Waals surface area contributed by atoms with E-state index in [-0.39, 0.29) is 36.1 Å². The van der Waals surface area contributed by atoms with Crippen molar-refractivity contribution in [2.45, 2.75) is 37.8 Å². The highest BCUT2D eigenvalue weighted by Crippen LogP contribution is 2.25. The summed E-state index contributed by atoms with van der Waals surface area (Å²) in [5.74, 6) is -0.230. The van der Waals surface area contributed by atoms with Gasteiger partial charge in [0.05, 0.1) is 11.0 Å². The molecule has 0 atom stereocenters. The summed E-state index contributed by atoms with van der Waals surface area (Å²) in [7, 11) is 0. The lowest BCUT2D eigenvalue weighted by molar-refractivity contribution is -0.385. The fraction of sp³-hybridized carbons (Fsp3) is 0.500. The first-order chi connectivity index (χ1) is 10.1.